The highest BCUT2D eigenvalue weighted by Crippen LogP contribution is 2.49. The van der Waals surface area contributed by atoms with Crippen LogP contribution in [-0.2, 0) is 6.61 Å². The first-order valence-corrected chi connectivity index (χ1v) is 12.7. The highest BCUT2D eigenvalue weighted by Gasteiger charge is 2.37. The van der Waals surface area contributed by atoms with E-state index in [0.29, 0.717) is 29.5 Å². The van der Waals surface area contributed by atoms with Crippen molar-refractivity contribution in [3.05, 3.63) is 136 Å². The molecule has 0 fully saturated rings. The Morgan fingerprint density at radius 3 is 2.64 bits per heavy atom. The molecule has 4 aromatic rings. The zero-order valence-corrected chi connectivity index (χ0v) is 20.6. The Morgan fingerprint density at radius 1 is 0.917 bits per heavy atom. The molecule has 1 aliphatic carbocycles. The first-order chi connectivity index (χ1) is 17.7. The first-order valence-electron chi connectivity index (χ1n) is 12.4. The van der Waals surface area contributed by atoms with E-state index in [9.17, 15) is 0 Å². The summed E-state index contributed by atoms with van der Waals surface area (Å²) in [5, 5.41) is 4.51. The number of nitrogens with zero attached hydrogens (tertiary/aromatic N) is 1. The quantitative estimate of drug-likeness (QED) is 0.217. The van der Waals surface area contributed by atoms with Gasteiger partial charge in [0.25, 0.3) is 0 Å². The molecule has 0 saturated carbocycles. The van der Waals surface area contributed by atoms with Crippen molar-refractivity contribution in [2.45, 2.75) is 25.0 Å². The summed E-state index contributed by atoms with van der Waals surface area (Å²) >= 11 is 6.10. The molecule has 6 rings (SSSR count). The third-order valence-corrected chi connectivity index (χ3v) is 7.31. The number of hydrogen-bond donors (Lipinski definition) is 1. The molecule has 0 amide bonds. The van der Waals surface area contributed by atoms with E-state index in [1.807, 2.05) is 54.7 Å². The van der Waals surface area contributed by atoms with Crippen molar-refractivity contribution in [3.8, 4) is 5.75 Å². The van der Waals surface area contributed by atoms with Gasteiger partial charge in [0.15, 0.2) is 0 Å². The van der Waals surface area contributed by atoms with Gasteiger partial charge in [0.2, 0.25) is 0 Å². The number of para-hydroxylation sites is 2. The average Bonchev–Trinajstić information content (AvgIpc) is 3.42. The second-order valence-corrected chi connectivity index (χ2v) is 9.81. The zero-order chi connectivity index (χ0) is 24.3. The van der Waals surface area contributed by atoms with E-state index in [1.54, 1.807) is 0 Å². The zero-order valence-electron chi connectivity index (χ0n) is 19.8. The van der Waals surface area contributed by atoms with Crippen molar-refractivity contribution in [1.82, 2.24) is 0 Å². The number of hydrogen-bond acceptors (Lipinski definition) is 3. The van der Waals surface area contributed by atoms with Gasteiger partial charge in [-0.05, 0) is 71.5 Å². The van der Waals surface area contributed by atoms with Crippen molar-refractivity contribution in [2.75, 3.05) is 5.32 Å². The summed E-state index contributed by atoms with van der Waals surface area (Å²) in [6.07, 6.45) is 7.68. The Hall–Kier alpha value is -3.82. The number of halogens is 1. The Labute approximate surface area is 217 Å². The van der Waals surface area contributed by atoms with Crippen LogP contribution in [0.4, 0.5) is 11.4 Å². The van der Waals surface area contributed by atoms with Gasteiger partial charge >= 0.3 is 0 Å². The maximum Gasteiger partial charge on any atom is 0.128 e. The molecule has 1 N–H and O–H groups in total. The summed E-state index contributed by atoms with van der Waals surface area (Å²) in [4.78, 5) is 4.74. The van der Waals surface area contributed by atoms with Gasteiger partial charge in [0.1, 0.15) is 12.4 Å². The summed E-state index contributed by atoms with van der Waals surface area (Å²) in [7, 11) is 0. The van der Waals surface area contributed by atoms with E-state index >= 15 is 0 Å². The molecule has 0 unspecified atom stereocenters. The lowest BCUT2D eigenvalue weighted by Crippen LogP contribution is -2.28. The number of aliphatic imine (C=N–C) groups is 1. The minimum Gasteiger partial charge on any atom is -0.488 e. The average molecular weight is 491 g/mol. The Bertz CT molecular complexity index is 1430. The number of allylic oxidation sites excluding steroid dienone is 2. The van der Waals surface area contributed by atoms with Gasteiger partial charge in [-0.1, -0.05) is 78.4 Å². The predicted octanol–water partition coefficient (Wildman–Crippen LogP) is 8.50. The topological polar surface area (TPSA) is 33.6 Å². The number of anilines is 1. The van der Waals surface area contributed by atoms with Crippen LogP contribution < -0.4 is 10.1 Å². The molecule has 4 heteroatoms. The lowest BCUT2D eigenvalue weighted by atomic mass is 9.77. The minimum absolute atomic E-state index is 0.290. The van der Waals surface area contributed by atoms with E-state index in [2.05, 4.69) is 66.0 Å². The van der Waals surface area contributed by atoms with E-state index in [-0.39, 0.29) is 0 Å². The Morgan fingerprint density at radius 2 is 1.75 bits per heavy atom. The highest BCUT2D eigenvalue weighted by molar-refractivity contribution is 6.30. The molecule has 3 atom stereocenters. The summed E-state index contributed by atoms with van der Waals surface area (Å²) in [5.41, 5.74) is 6.84. The third-order valence-electron chi connectivity index (χ3n) is 7.08. The van der Waals surface area contributed by atoms with E-state index in [4.69, 9.17) is 21.3 Å². The lowest BCUT2D eigenvalue weighted by molar-refractivity contribution is 0.306. The molecule has 0 saturated heterocycles. The van der Waals surface area contributed by atoms with Crippen LogP contribution in [0.2, 0.25) is 5.02 Å². The van der Waals surface area contributed by atoms with Crippen LogP contribution >= 0.6 is 11.6 Å². The number of fused-ring (bicyclic) bond motifs is 3. The molecule has 1 heterocycles. The van der Waals surface area contributed by atoms with Crippen LogP contribution in [0.1, 0.15) is 40.6 Å². The fourth-order valence-corrected chi connectivity index (χ4v) is 5.50. The second kappa shape index (κ2) is 10.0. The standard InChI is InChI=1S/C32H27ClN2O/c33-25-9-5-7-22(19-25)21-36-31-14-4-1-8-24(31)20-34-26-17-15-23(16-18-26)32-29-12-6-11-27(29)28-10-2-3-13-30(28)35-32/h1-11,13-20,27,29,32,35H,12,21H2/t27-,29-,32-/m0/s1. The van der Waals surface area contributed by atoms with Gasteiger partial charge in [-0.3, -0.25) is 4.99 Å². The van der Waals surface area contributed by atoms with Gasteiger partial charge in [0.05, 0.1) is 11.7 Å². The molecule has 178 valence electrons. The lowest BCUT2D eigenvalue weighted by Gasteiger charge is -2.37. The predicted molar refractivity (Wildman–Crippen MR) is 149 cm³/mol. The molecule has 0 bridgehead atoms. The highest BCUT2D eigenvalue weighted by atomic mass is 35.5. The monoisotopic (exact) mass is 490 g/mol. The SMILES string of the molecule is Clc1cccc(COc2ccccc2C=Nc2ccc([C@@H]3Nc4ccccc4[C@@H]4C=CC[C@@H]43)cc2)c1. The van der Waals surface area contributed by atoms with Gasteiger partial charge in [0, 0.05) is 28.4 Å². The summed E-state index contributed by atoms with van der Waals surface area (Å²) < 4.78 is 6.07. The normalized spacial score (nSPS) is 20.1. The number of ether oxygens (including phenoxy) is 1. The van der Waals surface area contributed by atoms with Crippen LogP contribution in [0.15, 0.2) is 114 Å². The third kappa shape index (κ3) is 4.67. The summed E-state index contributed by atoms with van der Waals surface area (Å²) in [6.45, 7) is 0.453. The molecule has 0 aromatic heterocycles. The summed E-state index contributed by atoms with van der Waals surface area (Å²) in [6, 6.07) is 33.3. The van der Waals surface area contributed by atoms with Crippen molar-refractivity contribution in [2.24, 2.45) is 10.9 Å². The smallest absolute Gasteiger partial charge is 0.128 e. The van der Waals surface area contributed by atoms with Crippen molar-refractivity contribution in [3.63, 3.8) is 0 Å². The maximum atomic E-state index is 6.10. The molecule has 0 radical (unpaired) electrons. The molecule has 3 nitrogen and oxygen atoms in total. The molecule has 1 aliphatic heterocycles. The molecule has 0 spiro atoms. The van der Waals surface area contributed by atoms with Crippen molar-refractivity contribution in [1.29, 1.82) is 0 Å². The van der Waals surface area contributed by atoms with Gasteiger partial charge < -0.3 is 10.1 Å². The van der Waals surface area contributed by atoms with Crippen LogP contribution in [0.3, 0.4) is 0 Å². The summed E-state index contributed by atoms with van der Waals surface area (Å²) in [5.74, 6) is 1.81. The van der Waals surface area contributed by atoms with Gasteiger partial charge in [-0.2, -0.15) is 0 Å². The van der Waals surface area contributed by atoms with Crippen LogP contribution in [0, 0.1) is 5.92 Å². The number of nitrogens with one attached hydrogen (secondary N) is 1. The molecule has 2 aliphatic rings. The minimum atomic E-state index is 0.290. The molecular formula is C32H27ClN2O. The maximum absolute atomic E-state index is 6.10. The van der Waals surface area contributed by atoms with Crippen LogP contribution in [0.5, 0.6) is 5.75 Å². The molecule has 36 heavy (non-hydrogen) atoms. The van der Waals surface area contributed by atoms with Gasteiger partial charge in [-0.25, -0.2) is 0 Å². The second-order valence-electron chi connectivity index (χ2n) is 9.37. The van der Waals surface area contributed by atoms with Crippen LogP contribution in [-0.4, -0.2) is 6.21 Å². The van der Waals surface area contributed by atoms with E-state index in [1.165, 1.54) is 16.8 Å². The van der Waals surface area contributed by atoms with Crippen molar-refractivity contribution >= 4 is 29.2 Å². The Balaban J connectivity index is 1.17. The van der Waals surface area contributed by atoms with Crippen molar-refractivity contribution < 1.29 is 4.74 Å². The number of benzene rings is 4. The van der Waals surface area contributed by atoms with Crippen LogP contribution in [0.25, 0.3) is 0 Å². The first kappa shape index (κ1) is 22.6. The van der Waals surface area contributed by atoms with E-state index < -0.39 is 0 Å². The van der Waals surface area contributed by atoms with E-state index in [0.717, 1.165) is 29.0 Å². The molecule has 4 aromatic carbocycles. The fraction of sp³-hybridized carbons (Fsp3) is 0.156. The Kier molecular flexibility index (Phi) is 6.31. The number of rotatable bonds is 6. The van der Waals surface area contributed by atoms with Gasteiger partial charge in [-0.15, -0.1) is 0 Å². The molecular weight excluding hydrogens is 464 g/mol. The fourth-order valence-electron chi connectivity index (χ4n) is 5.29. The largest absolute Gasteiger partial charge is 0.488 e.